The van der Waals surface area contributed by atoms with E-state index < -0.39 is 0 Å². The summed E-state index contributed by atoms with van der Waals surface area (Å²) in [6.45, 7) is 4.31. The third-order valence-electron chi connectivity index (χ3n) is 4.74. The van der Waals surface area contributed by atoms with E-state index in [-0.39, 0.29) is 0 Å². The van der Waals surface area contributed by atoms with Crippen molar-refractivity contribution in [2.24, 2.45) is 5.92 Å². The van der Waals surface area contributed by atoms with Crippen molar-refractivity contribution in [2.45, 2.75) is 51.5 Å². The maximum Gasteiger partial charge on any atom is 0.122 e. The maximum absolute atomic E-state index is 5.55. The lowest BCUT2D eigenvalue weighted by Gasteiger charge is -2.20. The maximum atomic E-state index is 5.55. The molecule has 2 nitrogen and oxygen atoms in total. The first-order valence-electron chi connectivity index (χ1n) is 7.81. The Morgan fingerprint density at radius 1 is 1.32 bits per heavy atom. The number of hydrogen-bond acceptors (Lipinski definition) is 2. The molecule has 1 N–H and O–H groups in total. The third-order valence-corrected chi connectivity index (χ3v) is 4.74. The fraction of sp³-hybridized carbons (Fsp3) is 0.647. The first-order valence-corrected chi connectivity index (χ1v) is 7.81. The van der Waals surface area contributed by atoms with E-state index in [1.54, 1.807) is 0 Å². The number of nitrogens with one attached hydrogen (secondary N) is 1. The van der Waals surface area contributed by atoms with Crippen LogP contribution in [0.25, 0.3) is 0 Å². The Balaban J connectivity index is 1.47. The predicted octanol–water partition coefficient (Wildman–Crippen LogP) is 3.33. The van der Waals surface area contributed by atoms with Crippen LogP contribution in [0.1, 0.15) is 43.7 Å². The number of benzene rings is 1. The molecule has 1 aromatic rings. The van der Waals surface area contributed by atoms with Crippen molar-refractivity contribution >= 4 is 0 Å². The zero-order valence-corrected chi connectivity index (χ0v) is 12.0. The van der Waals surface area contributed by atoms with Crippen molar-refractivity contribution < 1.29 is 4.74 Å². The van der Waals surface area contributed by atoms with Gasteiger partial charge in [0.1, 0.15) is 5.75 Å². The fourth-order valence-corrected chi connectivity index (χ4v) is 3.46. The average molecular weight is 259 g/mol. The minimum Gasteiger partial charge on any atom is -0.493 e. The summed E-state index contributed by atoms with van der Waals surface area (Å²) in [6, 6.07) is 7.36. The van der Waals surface area contributed by atoms with Crippen molar-refractivity contribution in [1.82, 2.24) is 5.32 Å². The molecular weight excluding hydrogens is 234 g/mol. The summed E-state index contributed by atoms with van der Waals surface area (Å²) in [6.07, 6.45) is 7.91. The quantitative estimate of drug-likeness (QED) is 0.875. The Labute approximate surface area is 116 Å². The zero-order valence-electron chi connectivity index (χ0n) is 12.0. The van der Waals surface area contributed by atoms with Gasteiger partial charge in [-0.1, -0.05) is 25.0 Å². The molecule has 1 aliphatic carbocycles. The van der Waals surface area contributed by atoms with Crippen LogP contribution in [0.3, 0.4) is 0 Å². The summed E-state index contributed by atoms with van der Waals surface area (Å²) in [4.78, 5) is 0. The summed E-state index contributed by atoms with van der Waals surface area (Å²) < 4.78 is 5.55. The molecule has 2 aliphatic rings. The van der Waals surface area contributed by atoms with Crippen LogP contribution in [0.4, 0.5) is 0 Å². The van der Waals surface area contributed by atoms with Crippen LogP contribution < -0.4 is 10.1 Å². The predicted molar refractivity (Wildman–Crippen MR) is 78.8 cm³/mol. The molecule has 3 rings (SSSR count). The van der Waals surface area contributed by atoms with Crippen LogP contribution in [0.5, 0.6) is 5.75 Å². The molecule has 0 spiro atoms. The Hall–Kier alpha value is -1.02. The van der Waals surface area contributed by atoms with E-state index in [2.05, 4.69) is 30.4 Å². The molecule has 1 atom stereocenters. The fourth-order valence-electron chi connectivity index (χ4n) is 3.46. The van der Waals surface area contributed by atoms with Gasteiger partial charge >= 0.3 is 0 Å². The highest BCUT2D eigenvalue weighted by atomic mass is 16.5. The van der Waals surface area contributed by atoms with Crippen LogP contribution in [0, 0.1) is 5.92 Å². The first kappa shape index (κ1) is 13.0. The summed E-state index contributed by atoms with van der Waals surface area (Å²) in [5, 5.41) is 3.71. The molecule has 1 aliphatic heterocycles. The molecule has 0 saturated heterocycles. The van der Waals surface area contributed by atoms with Crippen molar-refractivity contribution in [3.63, 3.8) is 0 Å². The highest BCUT2D eigenvalue weighted by Gasteiger charge is 2.20. The highest BCUT2D eigenvalue weighted by Crippen LogP contribution is 2.28. The second-order valence-electron chi connectivity index (χ2n) is 6.08. The summed E-state index contributed by atoms with van der Waals surface area (Å²) in [5.74, 6) is 2.00. The van der Waals surface area contributed by atoms with Gasteiger partial charge in [-0.15, -0.1) is 0 Å². The number of hydrogen-bond donors (Lipinski definition) is 1. The Morgan fingerprint density at radius 3 is 3.00 bits per heavy atom. The molecule has 0 aromatic heterocycles. The van der Waals surface area contributed by atoms with Crippen molar-refractivity contribution in [3.8, 4) is 5.75 Å². The standard InChI is InChI=1S/C17H25NO/c1-13(15-4-2-3-5-15)18-10-8-14-6-7-17-16(12-14)9-11-19-17/h6-7,12-13,15,18H,2-5,8-11H2,1H3/t13-/m1/s1. The van der Waals surface area contributed by atoms with Gasteiger partial charge in [-0.05, 0) is 55.8 Å². The molecule has 0 unspecified atom stereocenters. The van der Waals surface area contributed by atoms with E-state index >= 15 is 0 Å². The van der Waals surface area contributed by atoms with Gasteiger partial charge in [-0.25, -0.2) is 0 Å². The van der Waals surface area contributed by atoms with E-state index in [1.807, 2.05) is 0 Å². The van der Waals surface area contributed by atoms with Gasteiger partial charge in [0.05, 0.1) is 6.61 Å². The van der Waals surface area contributed by atoms with Gasteiger partial charge in [-0.2, -0.15) is 0 Å². The average Bonchev–Trinajstić information content (AvgIpc) is 3.09. The molecule has 19 heavy (non-hydrogen) atoms. The molecule has 1 aromatic carbocycles. The largest absolute Gasteiger partial charge is 0.493 e. The van der Waals surface area contributed by atoms with Crippen molar-refractivity contribution in [3.05, 3.63) is 29.3 Å². The third kappa shape index (κ3) is 3.11. The lowest BCUT2D eigenvalue weighted by molar-refractivity contribution is 0.357. The molecular formula is C17H25NO. The van der Waals surface area contributed by atoms with E-state index in [4.69, 9.17) is 4.74 Å². The number of fused-ring (bicyclic) bond motifs is 1. The second-order valence-corrected chi connectivity index (χ2v) is 6.08. The van der Waals surface area contributed by atoms with Crippen LogP contribution in [0.2, 0.25) is 0 Å². The second kappa shape index (κ2) is 5.96. The van der Waals surface area contributed by atoms with E-state index in [0.717, 1.165) is 37.7 Å². The summed E-state index contributed by atoms with van der Waals surface area (Å²) in [5.41, 5.74) is 2.83. The number of rotatable bonds is 5. The minimum absolute atomic E-state index is 0.681. The molecule has 104 valence electrons. The molecule has 1 fully saturated rings. The summed E-state index contributed by atoms with van der Waals surface area (Å²) in [7, 11) is 0. The Morgan fingerprint density at radius 2 is 2.16 bits per heavy atom. The van der Waals surface area contributed by atoms with E-state index in [1.165, 1.54) is 36.8 Å². The monoisotopic (exact) mass is 259 g/mol. The topological polar surface area (TPSA) is 21.3 Å². The lowest BCUT2D eigenvalue weighted by Crippen LogP contribution is -2.33. The molecule has 1 heterocycles. The van der Waals surface area contributed by atoms with E-state index in [9.17, 15) is 0 Å². The van der Waals surface area contributed by atoms with Crippen LogP contribution in [0.15, 0.2) is 18.2 Å². The van der Waals surface area contributed by atoms with Crippen molar-refractivity contribution in [2.75, 3.05) is 13.2 Å². The van der Waals surface area contributed by atoms with Crippen LogP contribution >= 0.6 is 0 Å². The van der Waals surface area contributed by atoms with Gasteiger partial charge < -0.3 is 10.1 Å². The summed E-state index contributed by atoms with van der Waals surface area (Å²) >= 11 is 0. The van der Waals surface area contributed by atoms with Gasteiger partial charge in [0.2, 0.25) is 0 Å². The molecule has 2 heteroatoms. The van der Waals surface area contributed by atoms with Gasteiger partial charge in [0.25, 0.3) is 0 Å². The zero-order chi connectivity index (χ0) is 13.1. The van der Waals surface area contributed by atoms with E-state index in [0.29, 0.717) is 6.04 Å². The molecule has 0 radical (unpaired) electrons. The smallest absolute Gasteiger partial charge is 0.122 e. The first-order chi connectivity index (χ1) is 9.33. The Kier molecular flexibility index (Phi) is 4.07. The normalized spacial score (nSPS) is 20.3. The van der Waals surface area contributed by atoms with Crippen molar-refractivity contribution in [1.29, 1.82) is 0 Å². The van der Waals surface area contributed by atoms with Crippen LogP contribution in [-0.2, 0) is 12.8 Å². The van der Waals surface area contributed by atoms with Gasteiger partial charge in [-0.3, -0.25) is 0 Å². The molecule has 0 bridgehead atoms. The minimum atomic E-state index is 0.681. The lowest BCUT2D eigenvalue weighted by atomic mass is 9.99. The number of ether oxygens (including phenoxy) is 1. The SMILES string of the molecule is C[C@@H](NCCc1ccc2c(c1)CCO2)C1CCCC1. The van der Waals surface area contributed by atoms with Crippen LogP contribution in [-0.4, -0.2) is 19.2 Å². The van der Waals surface area contributed by atoms with Gasteiger partial charge in [0.15, 0.2) is 0 Å². The molecule has 1 saturated carbocycles. The highest BCUT2D eigenvalue weighted by molar-refractivity contribution is 5.39. The van der Waals surface area contributed by atoms with Gasteiger partial charge in [0, 0.05) is 12.5 Å². The molecule has 0 amide bonds. The Bertz CT molecular complexity index is 423.